The van der Waals surface area contributed by atoms with E-state index in [1.165, 1.54) is 44.0 Å². The van der Waals surface area contributed by atoms with E-state index in [4.69, 9.17) is 9.72 Å². The zero-order chi connectivity index (χ0) is 21.5. The number of aromatic nitrogens is 2. The van der Waals surface area contributed by atoms with E-state index in [2.05, 4.69) is 28.1 Å². The van der Waals surface area contributed by atoms with Gasteiger partial charge in [-0.2, -0.15) is 0 Å². The number of ether oxygens (including phenoxy) is 1. The second-order valence-electron chi connectivity index (χ2n) is 8.59. The predicted molar refractivity (Wildman–Crippen MR) is 124 cm³/mol. The monoisotopic (exact) mass is 419 g/mol. The van der Waals surface area contributed by atoms with Crippen molar-refractivity contribution >= 4 is 16.9 Å². The Balaban J connectivity index is 1.35. The number of aryl methyl sites for hydroxylation is 1. The molecule has 1 aromatic heterocycles. The summed E-state index contributed by atoms with van der Waals surface area (Å²) in [6, 6.07) is 16.0. The van der Waals surface area contributed by atoms with Crippen LogP contribution in [0.5, 0.6) is 5.75 Å². The molecule has 1 aliphatic rings. The Morgan fingerprint density at radius 3 is 2.65 bits per heavy atom. The fraction of sp³-hybridized carbons (Fsp3) is 0.462. The summed E-state index contributed by atoms with van der Waals surface area (Å²) in [4.78, 5) is 17.3. The Kier molecular flexibility index (Phi) is 7.23. The summed E-state index contributed by atoms with van der Waals surface area (Å²) in [6.45, 7) is 1.61. The van der Waals surface area contributed by atoms with Gasteiger partial charge in [-0.25, -0.2) is 4.98 Å². The van der Waals surface area contributed by atoms with Gasteiger partial charge < -0.3 is 14.6 Å². The summed E-state index contributed by atoms with van der Waals surface area (Å²) in [5.74, 6) is 2.75. The van der Waals surface area contributed by atoms with Gasteiger partial charge in [0, 0.05) is 19.5 Å². The van der Waals surface area contributed by atoms with Gasteiger partial charge in [-0.3, -0.25) is 4.79 Å². The number of hydrogen-bond donors (Lipinski definition) is 1. The molecule has 0 unspecified atom stereocenters. The summed E-state index contributed by atoms with van der Waals surface area (Å²) >= 11 is 0. The lowest BCUT2D eigenvalue weighted by molar-refractivity contribution is -0.120. The number of nitrogens with one attached hydrogen (secondary N) is 1. The van der Waals surface area contributed by atoms with E-state index >= 15 is 0 Å². The zero-order valence-corrected chi connectivity index (χ0v) is 18.5. The molecule has 164 valence electrons. The fourth-order valence-electron chi connectivity index (χ4n) is 4.66. The molecule has 1 heterocycles. The van der Waals surface area contributed by atoms with Gasteiger partial charge in [0.05, 0.1) is 24.6 Å². The first-order chi connectivity index (χ1) is 15.2. The smallest absolute Gasteiger partial charge is 0.224 e. The molecule has 31 heavy (non-hydrogen) atoms. The highest BCUT2D eigenvalue weighted by atomic mass is 16.5. The van der Waals surface area contributed by atoms with Crippen LogP contribution in [0.3, 0.4) is 0 Å². The van der Waals surface area contributed by atoms with Crippen molar-refractivity contribution in [3.8, 4) is 5.75 Å². The van der Waals surface area contributed by atoms with Crippen LogP contribution in [0.15, 0.2) is 48.5 Å². The molecular formula is C26H33N3O2. The number of carbonyl (C=O) groups excluding carboxylic acids is 1. The van der Waals surface area contributed by atoms with Crippen molar-refractivity contribution in [2.75, 3.05) is 13.7 Å². The maximum Gasteiger partial charge on any atom is 0.224 e. The third kappa shape index (κ3) is 5.66. The SMILES string of the molecule is COc1ccc(CC(=O)NCCc2nc3ccccc3n2CCC2CCCCC2)cc1. The Labute approximate surface area is 184 Å². The normalized spacial score (nSPS) is 14.6. The first kappa shape index (κ1) is 21.4. The van der Waals surface area contributed by atoms with Gasteiger partial charge in [0.2, 0.25) is 5.91 Å². The number of fused-ring (bicyclic) bond motifs is 1. The van der Waals surface area contributed by atoms with Crippen LogP contribution in [0, 0.1) is 5.92 Å². The third-order valence-corrected chi connectivity index (χ3v) is 6.41. The second-order valence-corrected chi connectivity index (χ2v) is 8.59. The van der Waals surface area contributed by atoms with Gasteiger partial charge in [0.1, 0.15) is 11.6 Å². The van der Waals surface area contributed by atoms with Gasteiger partial charge in [0.15, 0.2) is 0 Å². The van der Waals surface area contributed by atoms with Crippen molar-refractivity contribution in [3.63, 3.8) is 0 Å². The molecule has 0 saturated heterocycles. The average Bonchev–Trinajstić information content (AvgIpc) is 3.16. The molecule has 1 amide bonds. The Bertz CT molecular complexity index is 988. The zero-order valence-electron chi connectivity index (χ0n) is 18.5. The van der Waals surface area contributed by atoms with Crippen LogP contribution in [0.2, 0.25) is 0 Å². The molecule has 5 nitrogen and oxygen atoms in total. The highest BCUT2D eigenvalue weighted by molar-refractivity contribution is 5.78. The van der Waals surface area contributed by atoms with Gasteiger partial charge in [-0.05, 0) is 42.2 Å². The number of rotatable bonds is 9. The lowest BCUT2D eigenvalue weighted by atomic mass is 9.87. The Morgan fingerprint density at radius 1 is 1.10 bits per heavy atom. The average molecular weight is 420 g/mol. The van der Waals surface area contributed by atoms with E-state index in [0.717, 1.165) is 41.5 Å². The molecule has 0 aliphatic heterocycles. The molecule has 0 spiro atoms. The molecule has 1 fully saturated rings. The van der Waals surface area contributed by atoms with E-state index in [0.29, 0.717) is 13.0 Å². The van der Waals surface area contributed by atoms with Crippen LogP contribution in [0.1, 0.15) is 49.9 Å². The van der Waals surface area contributed by atoms with Crippen LogP contribution < -0.4 is 10.1 Å². The predicted octanol–water partition coefficient (Wildman–Crippen LogP) is 4.92. The molecule has 0 bridgehead atoms. The molecule has 1 N–H and O–H groups in total. The molecule has 5 heteroatoms. The highest BCUT2D eigenvalue weighted by Gasteiger charge is 2.16. The quantitative estimate of drug-likeness (QED) is 0.536. The summed E-state index contributed by atoms with van der Waals surface area (Å²) in [5.41, 5.74) is 3.24. The maximum absolute atomic E-state index is 12.4. The Hall–Kier alpha value is -2.82. The van der Waals surface area contributed by atoms with Crippen LogP contribution in [-0.4, -0.2) is 29.1 Å². The molecular weight excluding hydrogens is 386 g/mol. The number of amides is 1. The lowest BCUT2D eigenvalue weighted by Crippen LogP contribution is -2.28. The molecule has 0 radical (unpaired) electrons. The van der Waals surface area contributed by atoms with Crippen molar-refractivity contribution in [1.82, 2.24) is 14.9 Å². The van der Waals surface area contributed by atoms with Crippen molar-refractivity contribution in [3.05, 3.63) is 59.9 Å². The van der Waals surface area contributed by atoms with Crippen LogP contribution >= 0.6 is 0 Å². The molecule has 1 saturated carbocycles. The number of benzene rings is 2. The van der Waals surface area contributed by atoms with Crippen LogP contribution in [-0.2, 0) is 24.2 Å². The van der Waals surface area contributed by atoms with E-state index in [-0.39, 0.29) is 5.91 Å². The topological polar surface area (TPSA) is 56.1 Å². The van der Waals surface area contributed by atoms with Gasteiger partial charge in [-0.1, -0.05) is 56.4 Å². The number of nitrogens with zero attached hydrogens (tertiary/aromatic N) is 2. The van der Waals surface area contributed by atoms with E-state index in [1.54, 1.807) is 7.11 Å². The van der Waals surface area contributed by atoms with E-state index < -0.39 is 0 Å². The van der Waals surface area contributed by atoms with Gasteiger partial charge in [-0.15, -0.1) is 0 Å². The standard InChI is InChI=1S/C26H33N3O2/c1-31-22-13-11-21(12-14-22)19-26(30)27-17-15-25-28-23-9-5-6-10-24(23)29(25)18-16-20-7-3-2-4-8-20/h5-6,9-14,20H,2-4,7-8,15-19H2,1H3,(H,27,30). The number of para-hydroxylation sites is 2. The van der Waals surface area contributed by atoms with Gasteiger partial charge >= 0.3 is 0 Å². The highest BCUT2D eigenvalue weighted by Crippen LogP contribution is 2.28. The molecule has 0 atom stereocenters. The summed E-state index contributed by atoms with van der Waals surface area (Å²) in [6.07, 6.45) is 9.22. The van der Waals surface area contributed by atoms with Crippen molar-refractivity contribution in [1.29, 1.82) is 0 Å². The minimum Gasteiger partial charge on any atom is -0.497 e. The van der Waals surface area contributed by atoms with Crippen LogP contribution in [0.25, 0.3) is 11.0 Å². The first-order valence-electron chi connectivity index (χ1n) is 11.6. The number of carbonyl (C=O) groups is 1. The van der Waals surface area contributed by atoms with Crippen molar-refractivity contribution in [2.24, 2.45) is 5.92 Å². The summed E-state index contributed by atoms with van der Waals surface area (Å²) < 4.78 is 7.55. The summed E-state index contributed by atoms with van der Waals surface area (Å²) in [5, 5.41) is 3.06. The van der Waals surface area contributed by atoms with Crippen molar-refractivity contribution < 1.29 is 9.53 Å². The first-order valence-corrected chi connectivity index (χ1v) is 11.6. The molecule has 1 aliphatic carbocycles. The number of methoxy groups -OCH3 is 1. The maximum atomic E-state index is 12.4. The second kappa shape index (κ2) is 10.5. The lowest BCUT2D eigenvalue weighted by Gasteiger charge is -2.22. The van der Waals surface area contributed by atoms with Crippen LogP contribution in [0.4, 0.5) is 0 Å². The third-order valence-electron chi connectivity index (χ3n) is 6.41. The van der Waals surface area contributed by atoms with E-state index in [9.17, 15) is 4.79 Å². The Morgan fingerprint density at radius 2 is 1.87 bits per heavy atom. The minimum atomic E-state index is 0.0371. The molecule has 2 aromatic carbocycles. The molecule has 3 aromatic rings. The van der Waals surface area contributed by atoms with Crippen molar-refractivity contribution in [2.45, 2.75) is 57.9 Å². The largest absolute Gasteiger partial charge is 0.497 e. The van der Waals surface area contributed by atoms with Gasteiger partial charge in [0.25, 0.3) is 0 Å². The van der Waals surface area contributed by atoms with E-state index in [1.807, 2.05) is 30.3 Å². The number of hydrogen-bond acceptors (Lipinski definition) is 3. The fourth-order valence-corrected chi connectivity index (χ4v) is 4.66. The molecule has 4 rings (SSSR count). The summed E-state index contributed by atoms with van der Waals surface area (Å²) in [7, 11) is 1.64. The number of imidazole rings is 1. The minimum absolute atomic E-state index is 0.0371.